The topological polar surface area (TPSA) is 12.0 Å². The van der Waals surface area contributed by atoms with Crippen molar-refractivity contribution in [2.75, 3.05) is 12.4 Å². The quantitative estimate of drug-likeness (QED) is 0.765. The highest BCUT2D eigenvalue weighted by Crippen LogP contribution is 2.35. The van der Waals surface area contributed by atoms with Gasteiger partial charge in [-0.3, -0.25) is 0 Å². The Hall–Kier alpha value is -0.900. The summed E-state index contributed by atoms with van der Waals surface area (Å²) in [4.78, 5) is 0. The van der Waals surface area contributed by atoms with Crippen LogP contribution in [0, 0.1) is 0 Å². The van der Waals surface area contributed by atoms with E-state index in [0.717, 1.165) is 6.07 Å². The van der Waals surface area contributed by atoms with Crippen LogP contribution in [0.1, 0.15) is 19.4 Å². The molecule has 0 saturated heterocycles. The van der Waals surface area contributed by atoms with Gasteiger partial charge in [0.1, 0.15) is 0 Å². The fraction of sp³-hybridized carbons (Fsp3) is 0.400. The second-order valence-electron chi connectivity index (χ2n) is 2.44. The van der Waals surface area contributed by atoms with Gasteiger partial charge in [0.2, 0.25) is 0 Å². The molecule has 1 aromatic carbocycles. The lowest BCUT2D eigenvalue weighted by molar-refractivity contribution is -0.137. The highest BCUT2D eigenvalue weighted by atomic mass is 35.5. The zero-order valence-electron chi connectivity index (χ0n) is 8.74. The monoisotopic (exact) mass is 239 g/mol. The molecule has 0 amide bonds. The molecule has 0 bridgehead atoms. The maximum absolute atomic E-state index is 12.3. The molecular weight excluding hydrogens is 227 g/mol. The molecule has 0 fully saturated rings. The normalized spacial score (nSPS) is 10.3. The van der Waals surface area contributed by atoms with E-state index in [4.69, 9.17) is 11.6 Å². The van der Waals surface area contributed by atoms with Gasteiger partial charge in [0.25, 0.3) is 0 Å². The summed E-state index contributed by atoms with van der Waals surface area (Å²) in [5.74, 6) is 0. The molecule has 86 valence electrons. The summed E-state index contributed by atoms with van der Waals surface area (Å²) in [6, 6.07) is 3.68. The van der Waals surface area contributed by atoms with Crippen LogP contribution < -0.4 is 5.32 Å². The van der Waals surface area contributed by atoms with E-state index in [-0.39, 0.29) is 5.02 Å². The highest BCUT2D eigenvalue weighted by Gasteiger charge is 2.33. The first-order valence-corrected chi connectivity index (χ1v) is 4.87. The van der Waals surface area contributed by atoms with E-state index in [1.165, 1.54) is 12.1 Å². The number of hydrogen-bond acceptors (Lipinski definition) is 1. The Morgan fingerprint density at radius 2 is 1.73 bits per heavy atom. The number of rotatable bonds is 1. The number of hydrogen-bond donors (Lipinski definition) is 1. The fourth-order valence-electron chi connectivity index (χ4n) is 0.898. The Bertz CT molecular complexity index is 310. The van der Waals surface area contributed by atoms with Crippen molar-refractivity contribution in [3.63, 3.8) is 0 Å². The van der Waals surface area contributed by atoms with Crippen molar-refractivity contribution < 1.29 is 13.2 Å². The lowest BCUT2D eigenvalue weighted by Gasteiger charge is -2.10. The van der Waals surface area contributed by atoms with E-state index < -0.39 is 11.7 Å². The van der Waals surface area contributed by atoms with Gasteiger partial charge in [0.05, 0.1) is 10.6 Å². The van der Waals surface area contributed by atoms with Gasteiger partial charge < -0.3 is 5.32 Å². The van der Waals surface area contributed by atoms with Gasteiger partial charge >= 0.3 is 6.18 Å². The summed E-state index contributed by atoms with van der Waals surface area (Å²) in [5, 5.41) is 2.32. The average molecular weight is 240 g/mol. The number of benzene rings is 1. The van der Waals surface area contributed by atoms with Crippen molar-refractivity contribution in [2.24, 2.45) is 0 Å². The van der Waals surface area contributed by atoms with Crippen molar-refractivity contribution in [2.45, 2.75) is 20.0 Å². The van der Waals surface area contributed by atoms with E-state index in [2.05, 4.69) is 5.32 Å². The molecule has 0 aliphatic carbocycles. The minimum Gasteiger partial charge on any atom is -0.388 e. The molecule has 15 heavy (non-hydrogen) atoms. The summed E-state index contributed by atoms with van der Waals surface area (Å²) in [7, 11) is 1.55. The second kappa shape index (κ2) is 5.85. The van der Waals surface area contributed by atoms with E-state index in [1.807, 2.05) is 13.8 Å². The van der Waals surface area contributed by atoms with Crippen LogP contribution in [-0.4, -0.2) is 7.05 Å². The summed E-state index contributed by atoms with van der Waals surface area (Å²) in [6.45, 7) is 4.00. The molecule has 0 aliphatic rings. The Kier molecular flexibility index (Phi) is 5.50. The summed E-state index contributed by atoms with van der Waals surface area (Å²) >= 11 is 5.39. The van der Waals surface area contributed by atoms with Crippen LogP contribution in [0.4, 0.5) is 18.9 Å². The minimum atomic E-state index is -4.40. The SMILES string of the molecule is CC.CNc1ccc(Cl)c(C(F)(F)F)c1. The number of anilines is 1. The first kappa shape index (κ1) is 14.1. The predicted octanol–water partition coefficient (Wildman–Crippen LogP) is 4.43. The molecular formula is C10H13ClF3N. The van der Waals surface area contributed by atoms with Gasteiger partial charge in [-0.1, -0.05) is 25.4 Å². The Balaban J connectivity index is 0.000000921. The molecule has 0 atom stereocenters. The third-order valence-corrected chi connectivity index (χ3v) is 1.89. The maximum atomic E-state index is 12.3. The molecule has 5 heteroatoms. The number of alkyl halides is 3. The van der Waals surface area contributed by atoms with Crippen molar-refractivity contribution in [1.82, 2.24) is 0 Å². The third-order valence-electron chi connectivity index (χ3n) is 1.56. The first-order chi connectivity index (χ1) is 6.95. The standard InChI is InChI=1S/C8H7ClF3N.C2H6/c1-13-5-2-3-7(9)6(4-5)8(10,11)12;1-2/h2-4,13H,1H3;1-2H3. The second-order valence-corrected chi connectivity index (χ2v) is 2.85. The van der Waals surface area contributed by atoms with Gasteiger partial charge in [-0.25, -0.2) is 0 Å². The van der Waals surface area contributed by atoms with Crippen LogP contribution in [0.25, 0.3) is 0 Å². The smallest absolute Gasteiger partial charge is 0.388 e. The molecule has 0 radical (unpaired) electrons. The Morgan fingerprint density at radius 1 is 1.20 bits per heavy atom. The fourth-order valence-corrected chi connectivity index (χ4v) is 1.12. The summed E-state index contributed by atoms with van der Waals surface area (Å²) in [6.07, 6.45) is -4.40. The average Bonchev–Trinajstić information content (AvgIpc) is 2.20. The lowest BCUT2D eigenvalue weighted by Crippen LogP contribution is -2.06. The van der Waals surface area contributed by atoms with Gasteiger partial charge in [0, 0.05) is 12.7 Å². The molecule has 0 heterocycles. The van der Waals surface area contributed by atoms with Gasteiger partial charge in [-0.2, -0.15) is 13.2 Å². The molecule has 0 aliphatic heterocycles. The van der Waals surface area contributed by atoms with Crippen LogP contribution in [0.2, 0.25) is 5.02 Å². The Morgan fingerprint density at radius 3 is 2.13 bits per heavy atom. The van der Waals surface area contributed by atoms with Gasteiger partial charge in [-0.05, 0) is 18.2 Å². The van der Waals surface area contributed by atoms with Crippen LogP contribution >= 0.6 is 11.6 Å². The minimum absolute atomic E-state index is 0.286. The van der Waals surface area contributed by atoms with Crippen molar-refractivity contribution >= 4 is 17.3 Å². The van der Waals surface area contributed by atoms with Crippen molar-refractivity contribution in [3.8, 4) is 0 Å². The summed E-state index contributed by atoms with van der Waals surface area (Å²) in [5.41, 5.74) is -0.433. The number of nitrogens with one attached hydrogen (secondary N) is 1. The molecule has 0 unspecified atom stereocenters. The molecule has 1 aromatic rings. The zero-order valence-corrected chi connectivity index (χ0v) is 9.50. The van der Waals surface area contributed by atoms with Crippen LogP contribution in [0.3, 0.4) is 0 Å². The molecule has 0 saturated carbocycles. The largest absolute Gasteiger partial charge is 0.417 e. The molecule has 1 rings (SSSR count). The van der Waals surface area contributed by atoms with Gasteiger partial charge in [0.15, 0.2) is 0 Å². The zero-order chi connectivity index (χ0) is 12.1. The molecule has 1 nitrogen and oxygen atoms in total. The highest BCUT2D eigenvalue weighted by molar-refractivity contribution is 6.31. The van der Waals surface area contributed by atoms with Crippen LogP contribution in [0.15, 0.2) is 18.2 Å². The van der Waals surface area contributed by atoms with E-state index >= 15 is 0 Å². The molecule has 0 spiro atoms. The Labute approximate surface area is 92.2 Å². The molecule has 0 aromatic heterocycles. The van der Waals surface area contributed by atoms with Crippen molar-refractivity contribution in [1.29, 1.82) is 0 Å². The van der Waals surface area contributed by atoms with E-state index in [9.17, 15) is 13.2 Å². The third kappa shape index (κ3) is 4.00. The van der Waals surface area contributed by atoms with Crippen molar-refractivity contribution in [3.05, 3.63) is 28.8 Å². The van der Waals surface area contributed by atoms with E-state index in [0.29, 0.717) is 5.69 Å². The number of halogens is 4. The molecule has 1 N–H and O–H groups in total. The van der Waals surface area contributed by atoms with E-state index in [1.54, 1.807) is 7.05 Å². The maximum Gasteiger partial charge on any atom is 0.417 e. The predicted molar refractivity (Wildman–Crippen MR) is 57.3 cm³/mol. The summed E-state index contributed by atoms with van der Waals surface area (Å²) < 4.78 is 36.8. The van der Waals surface area contributed by atoms with Crippen LogP contribution in [-0.2, 0) is 6.18 Å². The van der Waals surface area contributed by atoms with Gasteiger partial charge in [-0.15, -0.1) is 0 Å². The lowest BCUT2D eigenvalue weighted by atomic mass is 10.2. The first-order valence-electron chi connectivity index (χ1n) is 4.49. The van der Waals surface area contributed by atoms with Crippen LogP contribution in [0.5, 0.6) is 0 Å².